The molecule has 0 fully saturated rings. The van der Waals surface area contributed by atoms with Crippen LogP contribution in [0.5, 0.6) is 0 Å². The molecule has 0 aliphatic carbocycles. The fourth-order valence-electron chi connectivity index (χ4n) is 1.53. The number of hydrogen-bond donors (Lipinski definition) is 2. The summed E-state index contributed by atoms with van der Waals surface area (Å²) in [5, 5.41) is 21.8. The number of hydrogen-bond acceptors (Lipinski definition) is 4. The topological polar surface area (TPSA) is 110 Å². The highest BCUT2D eigenvalue weighted by atomic mass is 16.6. The fraction of sp³-hybridized carbons (Fsp3) is 0.273. The third kappa shape index (κ3) is 3.85. The van der Waals surface area contributed by atoms with Gasteiger partial charge in [0.05, 0.1) is 17.4 Å². The van der Waals surface area contributed by atoms with Crippen LogP contribution in [0.3, 0.4) is 0 Å². The maximum Gasteiger partial charge on any atom is 0.305 e. The van der Waals surface area contributed by atoms with Crippen molar-refractivity contribution in [2.24, 2.45) is 0 Å². The number of benzene rings is 1. The molecular weight excluding hydrogens is 240 g/mol. The standard InChI is InChI=1S/C11H12N2O5/c1-7(14)12-10(6-11(15)16)8-3-2-4-9(5-8)13(17)18/h2-5,10H,6H2,1H3,(H,12,14)(H,15,16)/t10-/m1/s1. The molecular formula is C11H12N2O5. The van der Waals surface area contributed by atoms with E-state index < -0.39 is 22.8 Å². The van der Waals surface area contributed by atoms with Crippen molar-refractivity contribution in [3.05, 3.63) is 39.9 Å². The number of carboxylic acid groups (broad SMARTS) is 1. The average Bonchev–Trinajstić information content (AvgIpc) is 2.27. The molecule has 1 aromatic carbocycles. The van der Waals surface area contributed by atoms with Gasteiger partial charge in [0.25, 0.3) is 5.69 Å². The number of aliphatic carboxylic acids is 1. The Bertz CT molecular complexity index is 470. The Labute approximate surface area is 103 Å². The zero-order valence-electron chi connectivity index (χ0n) is 9.62. The van der Waals surface area contributed by atoms with Gasteiger partial charge in [-0.15, -0.1) is 0 Å². The van der Waals surface area contributed by atoms with Crippen molar-refractivity contribution in [1.29, 1.82) is 0 Å². The molecule has 0 saturated heterocycles. The third-order valence-electron chi connectivity index (χ3n) is 2.24. The smallest absolute Gasteiger partial charge is 0.305 e. The van der Waals surface area contributed by atoms with Crippen LogP contribution in [0, 0.1) is 10.1 Å². The highest BCUT2D eigenvalue weighted by molar-refractivity contribution is 5.75. The van der Waals surface area contributed by atoms with E-state index in [1.165, 1.54) is 31.2 Å². The number of carbonyl (C=O) groups excluding carboxylic acids is 1. The van der Waals surface area contributed by atoms with Gasteiger partial charge < -0.3 is 10.4 Å². The summed E-state index contributed by atoms with van der Waals surface area (Å²) in [7, 11) is 0. The van der Waals surface area contributed by atoms with Crippen LogP contribution in [-0.4, -0.2) is 21.9 Å². The summed E-state index contributed by atoms with van der Waals surface area (Å²) >= 11 is 0. The van der Waals surface area contributed by atoms with E-state index in [9.17, 15) is 19.7 Å². The number of nitro benzene ring substituents is 1. The summed E-state index contributed by atoms with van der Waals surface area (Å²) in [4.78, 5) is 31.7. The van der Waals surface area contributed by atoms with Gasteiger partial charge in [-0.3, -0.25) is 19.7 Å². The Balaban J connectivity index is 3.03. The SMILES string of the molecule is CC(=O)N[C@H](CC(=O)O)c1cccc([N+](=O)[O-])c1. The van der Waals surface area contributed by atoms with Crippen LogP contribution in [0.15, 0.2) is 24.3 Å². The predicted molar refractivity (Wildman–Crippen MR) is 61.9 cm³/mol. The Morgan fingerprint density at radius 1 is 1.50 bits per heavy atom. The van der Waals surface area contributed by atoms with Crippen LogP contribution in [0.2, 0.25) is 0 Å². The van der Waals surface area contributed by atoms with E-state index in [4.69, 9.17) is 5.11 Å². The van der Waals surface area contributed by atoms with E-state index in [0.717, 1.165) is 0 Å². The van der Waals surface area contributed by atoms with Gasteiger partial charge in [-0.2, -0.15) is 0 Å². The number of carbonyl (C=O) groups is 2. The van der Waals surface area contributed by atoms with E-state index in [-0.39, 0.29) is 12.1 Å². The highest BCUT2D eigenvalue weighted by Gasteiger charge is 2.18. The molecule has 7 nitrogen and oxygen atoms in total. The number of non-ortho nitro benzene ring substituents is 1. The molecule has 0 saturated carbocycles. The summed E-state index contributed by atoms with van der Waals surface area (Å²) < 4.78 is 0. The second-order valence-corrected chi connectivity index (χ2v) is 3.70. The molecule has 2 N–H and O–H groups in total. The van der Waals surface area contributed by atoms with Gasteiger partial charge in [-0.25, -0.2) is 0 Å². The number of amides is 1. The Morgan fingerprint density at radius 2 is 2.17 bits per heavy atom. The molecule has 96 valence electrons. The molecule has 1 rings (SSSR count). The zero-order chi connectivity index (χ0) is 13.7. The lowest BCUT2D eigenvalue weighted by Gasteiger charge is -2.15. The van der Waals surface area contributed by atoms with Crippen molar-refractivity contribution in [3.63, 3.8) is 0 Å². The second kappa shape index (κ2) is 5.76. The zero-order valence-corrected chi connectivity index (χ0v) is 9.62. The van der Waals surface area contributed by atoms with Crippen molar-refractivity contribution in [1.82, 2.24) is 5.32 Å². The number of nitro groups is 1. The van der Waals surface area contributed by atoms with E-state index in [2.05, 4.69) is 5.32 Å². The molecule has 0 spiro atoms. The molecule has 1 atom stereocenters. The van der Waals surface area contributed by atoms with Crippen LogP contribution in [0.1, 0.15) is 24.9 Å². The van der Waals surface area contributed by atoms with Crippen molar-refractivity contribution >= 4 is 17.6 Å². The van der Waals surface area contributed by atoms with Gasteiger partial charge in [-0.1, -0.05) is 12.1 Å². The first kappa shape index (κ1) is 13.6. The number of rotatable bonds is 5. The summed E-state index contributed by atoms with van der Waals surface area (Å²) in [6.45, 7) is 1.26. The highest BCUT2D eigenvalue weighted by Crippen LogP contribution is 2.21. The van der Waals surface area contributed by atoms with Gasteiger partial charge in [-0.05, 0) is 5.56 Å². The normalized spacial score (nSPS) is 11.6. The minimum absolute atomic E-state index is 0.145. The van der Waals surface area contributed by atoms with E-state index in [1.54, 1.807) is 0 Å². The van der Waals surface area contributed by atoms with Gasteiger partial charge in [0.15, 0.2) is 0 Å². The quantitative estimate of drug-likeness (QED) is 0.605. The Morgan fingerprint density at radius 3 is 2.67 bits per heavy atom. The second-order valence-electron chi connectivity index (χ2n) is 3.70. The van der Waals surface area contributed by atoms with Crippen LogP contribution in [0.25, 0.3) is 0 Å². The van der Waals surface area contributed by atoms with Gasteiger partial charge >= 0.3 is 5.97 Å². The van der Waals surface area contributed by atoms with Crippen LogP contribution in [-0.2, 0) is 9.59 Å². The minimum Gasteiger partial charge on any atom is -0.481 e. The van der Waals surface area contributed by atoms with E-state index >= 15 is 0 Å². The van der Waals surface area contributed by atoms with Crippen molar-refractivity contribution in [3.8, 4) is 0 Å². The predicted octanol–water partition coefficient (Wildman–Crippen LogP) is 1.25. The molecule has 1 amide bonds. The monoisotopic (exact) mass is 252 g/mol. The van der Waals surface area contributed by atoms with Crippen LogP contribution >= 0.6 is 0 Å². The number of carboxylic acids is 1. The lowest BCUT2D eigenvalue weighted by atomic mass is 10.0. The first-order valence-electron chi connectivity index (χ1n) is 5.13. The molecule has 0 radical (unpaired) electrons. The lowest BCUT2D eigenvalue weighted by molar-refractivity contribution is -0.384. The first-order valence-corrected chi connectivity index (χ1v) is 5.13. The summed E-state index contributed by atoms with van der Waals surface area (Å²) in [6, 6.07) is 4.76. The third-order valence-corrected chi connectivity index (χ3v) is 2.24. The van der Waals surface area contributed by atoms with E-state index in [0.29, 0.717) is 5.56 Å². The van der Waals surface area contributed by atoms with Crippen LogP contribution in [0.4, 0.5) is 5.69 Å². The largest absolute Gasteiger partial charge is 0.481 e. The lowest BCUT2D eigenvalue weighted by Crippen LogP contribution is -2.28. The molecule has 0 aliphatic rings. The van der Waals surface area contributed by atoms with Crippen molar-refractivity contribution in [2.45, 2.75) is 19.4 Å². The molecule has 0 aliphatic heterocycles. The molecule has 7 heteroatoms. The molecule has 18 heavy (non-hydrogen) atoms. The maximum atomic E-state index is 11.0. The Kier molecular flexibility index (Phi) is 4.36. The van der Waals surface area contributed by atoms with Crippen molar-refractivity contribution in [2.75, 3.05) is 0 Å². The Hall–Kier alpha value is -2.44. The number of nitrogens with zero attached hydrogens (tertiary/aromatic N) is 1. The molecule has 1 aromatic rings. The average molecular weight is 252 g/mol. The van der Waals surface area contributed by atoms with Gasteiger partial charge in [0, 0.05) is 19.1 Å². The van der Waals surface area contributed by atoms with Crippen LogP contribution < -0.4 is 5.32 Å². The van der Waals surface area contributed by atoms with Crippen molar-refractivity contribution < 1.29 is 19.6 Å². The molecule has 0 aromatic heterocycles. The van der Waals surface area contributed by atoms with E-state index in [1.807, 2.05) is 0 Å². The fourth-order valence-corrected chi connectivity index (χ4v) is 1.53. The molecule has 0 bridgehead atoms. The minimum atomic E-state index is -1.10. The molecule has 0 unspecified atom stereocenters. The molecule has 0 heterocycles. The summed E-state index contributed by atoms with van der Waals surface area (Å²) in [5.41, 5.74) is 0.245. The van der Waals surface area contributed by atoms with Gasteiger partial charge in [0.2, 0.25) is 5.91 Å². The summed E-state index contributed by atoms with van der Waals surface area (Å²) in [6.07, 6.45) is -0.333. The summed E-state index contributed by atoms with van der Waals surface area (Å²) in [5.74, 6) is -1.49. The maximum absolute atomic E-state index is 11.0. The number of nitrogens with one attached hydrogen (secondary N) is 1. The first-order chi connectivity index (χ1) is 8.40. The van der Waals surface area contributed by atoms with Gasteiger partial charge in [0.1, 0.15) is 0 Å².